The number of unbranched alkanes of at least 4 members (excludes halogenated alkanes) is 7. The lowest BCUT2D eigenvalue weighted by atomic mass is 10.1. The maximum Gasteiger partial charge on any atom is 0.373 e. The van der Waals surface area contributed by atoms with Crippen molar-refractivity contribution in [1.82, 2.24) is 0 Å². The molecule has 3 heteroatoms. The van der Waals surface area contributed by atoms with Crippen LogP contribution in [0.2, 0.25) is 0 Å². The summed E-state index contributed by atoms with van der Waals surface area (Å²) >= 11 is 0. The quantitative estimate of drug-likeness (QED) is 0.299. The van der Waals surface area contributed by atoms with Gasteiger partial charge in [-0.1, -0.05) is 70.9 Å². The zero-order chi connectivity index (χ0) is 16.0. The van der Waals surface area contributed by atoms with Crippen LogP contribution in [0.5, 0.6) is 0 Å². The molecule has 0 heterocycles. The monoisotopic (exact) mass is 305 g/mol. The topological polar surface area (TPSA) is 35.5 Å². The number of benzene rings is 1. The fourth-order valence-corrected chi connectivity index (χ4v) is 2.24. The lowest BCUT2D eigenvalue weighted by molar-refractivity contribution is -0.241. The van der Waals surface area contributed by atoms with Gasteiger partial charge >= 0.3 is 5.97 Å². The molecule has 0 unspecified atom stereocenters. The third-order valence-corrected chi connectivity index (χ3v) is 3.71. The van der Waals surface area contributed by atoms with E-state index in [0.717, 1.165) is 25.7 Å². The van der Waals surface area contributed by atoms with Crippen LogP contribution >= 0.6 is 0 Å². The fourth-order valence-electron chi connectivity index (χ4n) is 2.24. The molecule has 0 saturated carbocycles. The molecule has 1 radical (unpaired) electrons. The molecule has 0 bridgehead atoms. The standard InChI is InChI=1S/C19H29O3/c1-3-5-6-7-8-9-10-11-16-21-22-19(20)18-14-12-17(4-2)13-15-18/h12-15H,1,3-11,16H2,2H3. The first-order valence-electron chi connectivity index (χ1n) is 8.50. The van der Waals surface area contributed by atoms with Crippen molar-refractivity contribution in [3.05, 3.63) is 42.3 Å². The van der Waals surface area contributed by atoms with Crippen molar-refractivity contribution in [2.24, 2.45) is 0 Å². The highest BCUT2D eigenvalue weighted by atomic mass is 17.2. The van der Waals surface area contributed by atoms with Crippen LogP contribution in [0.25, 0.3) is 0 Å². The van der Waals surface area contributed by atoms with Gasteiger partial charge < -0.3 is 0 Å². The van der Waals surface area contributed by atoms with Gasteiger partial charge in [0, 0.05) is 0 Å². The van der Waals surface area contributed by atoms with Gasteiger partial charge in [0.1, 0.15) is 0 Å². The highest BCUT2D eigenvalue weighted by Gasteiger charge is 2.07. The molecule has 1 aromatic carbocycles. The van der Waals surface area contributed by atoms with Crippen LogP contribution in [0.15, 0.2) is 24.3 Å². The number of carbonyl (C=O) groups excluding carboxylic acids is 1. The Kier molecular flexibility index (Phi) is 10.4. The van der Waals surface area contributed by atoms with Crippen molar-refractivity contribution >= 4 is 5.97 Å². The van der Waals surface area contributed by atoms with Crippen LogP contribution in [-0.4, -0.2) is 12.6 Å². The second-order valence-corrected chi connectivity index (χ2v) is 5.57. The molecule has 22 heavy (non-hydrogen) atoms. The van der Waals surface area contributed by atoms with Gasteiger partial charge in [0.15, 0.2) is 0 Å². The van der Waals surface area contributed by atoms with E-state index < -0.39 is 5.97 Å². The molecule has 3 nitrogen and oxygen atoms in total. The minimum atomic E-state index is -0.421. The third-order valence-electron chi connectivity index (χ3n) is 3.71. The molecule has 0 aliphatic heterocycles. The second-order valence-electron chi connectivity index (χ2n) is 5.57. The Morgan fingerprint density at radius 3 is 2.14 bits per heavy atom. The van der Waals surface area contributed by atoms with E-state index in [9.17, 15) is 4.79 Å². The van der Waals surface area contributed by atoms with E-state index >= 15 is 0 Å². The molecule has 0 aliphatic carbocycles. The molecule has 1 aromatic rings. The fraction of sp³-hybridized carbons (Fsp3) is 0.579. The van der Waals surface area contributed by atoms with Gasteiger partial charge in [-0.3, -0.25) is 4.89 Å². The van der Waals surface area contributed by atoms with Gasteiger partial charge in [0.05, 0.1) is 12.2 Å². The van der Waals surface area contributed by atoms with Crippen LogP contribution in [0.4, 0.5) is 0 Å². The van der Waals surface area contributed by atoms with Crippen molar-refractivity contribution < 1.29 is 14.6 Å². The van der Waals surface area contributed by atoms with Crippen LogP contribution < -0.4 is 0 Å². The summed E-state index contributed by atoms with van der Waals surface area (Å²) in [4.78, 5) is 21.5. The maximum absolute atomic E-state index is 11.7. The summed E-state index contributed by atoms with van der Waals surface area (Å²) in [5, 5.41) is 0. The second kappa shape index (κ2) is 12.2. The lowest BCUT2D eigenvalue weighted by Gasteiger charge is -2.05. The number of hydrogen-bond acceptors (Lipinski definition) is 3. The third kappa shape index (κ3) is 8.18. The average molecular weight is 305 g/mol. The van der Waals surface area contributed by atoms with E-state index in [-0.39, 0.29) is 0 Å². The normalized spacial score (nSPS) is 10.6. The Hall–Kier alpha value is -1.35. The summed E-state index contributed by atoms with van der Waals surface area (Å²) in [7, 11) is 0. The first-order valence-corrected chi connectivity index (χ1v) is 8.50. The number of hydrogen-bond donors (Lipinski definition) is 0. The van der Waals surface area contributed by atoms with Gasteiger partial charge in [0.25, 0.3) is 0 Å². The van der Waals surface area contributed by atoms with Crippen LogP contribution in [0.1, 0.15) is 74.2 Å². The summed E-state index contributed by atoms with van der Waals surface area (Å²) in [6, 6.07) is 7.42. The van der Waals surface area contributed by atoms with E-state index in [1.54, 1.807) is 12.1 Å². The first-order chi connectivity index (χ1) is 10.8. The Labute approximate surface area is 134 Å². The largest absolute Gasteiger partial charge is 0.373 e. The van der Waals surface area contributed by atoms with Crippen molar-refractivity contribution in [3.63, 3.8) is 0 Å². The molecule has 0 atom stereocenters. The molecule has 0 N–H and O–H groups in total. The van der Waals surface area contributed by atoms with Gasteiger partial charge in [-0.05, 0) is 30.5 Å². The molecule has 0 saturated heterocycles. The Morgan fingerprint density at radius 1 is 0.955 bits per heavy atom. The number of carbonyl (C=O) groups is 1. The van der Waals surface area contributed by atoms with Gasteiger partial charge in [-0.15, -0.1) is 0 Å². The number of aryl methyl sites for hydroxylation is 1. The summed E-state index contributed by atoms with van der Waals surface area (Å²) in [6.45, 7) is 6.39. The highest BCUT2D eigenvalue weighted by molar-refractivity contribution is 5.88. The highest BCUT2D eigenvalue weighted by Crippen LogP contribution is 2.09. The van der Waals surface area contributed by atoms with Crippen LogP contribution in [0, 0.1) is 6.92 Å². The molecule has 0 fully saturated rings. The lowest BCUT2D eigenvalue weighted by Crippen LogP contribution is -2.07. The number of rotatable bonds is 12. The Balaban J connectivity index is 2.00. The van der Waals surface area contributed by atoms with Crippen molar-refractivity contribution in [1.29, 1.82) is 0 Å². The van der Waals surface area contributed by atoms with E-state index in [1.807, 2.05) is 12.1 Å². The van der Waals surface area contributed by atoms with E-state index in [0.29, 0.717) is 12.2 Å². The van der Waals surface area contributed by atoms with E-state index in [2.05, 4.69) is 13.8 Å². The molecular weight excluding hydrogens is 276 g/mol. The first kappa shape index (κ1) is 18.7. The zero-order valence-corrected chi connectivity index (χ0v) is 13.8. The minimum absolute atomic E-state index is 0.421. The molecule has 123 valence electrons. The predicted molar refractivity (Wildman–Crippen MR) is 89.5 cm³/mol. The smallest absolute Gasteiger partial charge is 0.293 e. The maximum atomic E-state index is 11.7. The van der Waals surface area contributed by atoms with Gasteiger partial charge in [0.2, 0.25) is 0 Å². The Morgan fingerprint density at radius 2 is 1.55 bits per heavy atom. The van der Waals surface area contributed by atoms with E-state index in [1.165, 1.54) is 37.7 Å². The van der Waals surface area contributed by atoms with Crippen molar-refractivity contribution in [2.75, 3.05) is 6.61 Å². The summed E-state index contributed by atoms with van der Waals surface area (Å²) in [5.41, 5.74) is 1.73. The predicted octanol–water partition coefficient (Wildman–Crippen LogP) is 5.29. The molecule has 0 aromatic heterocycles. The Bertz CT molecular complexity index is 398. The SMILES string of the molecule is [CH2]CCCCCCCCCOOC(=O)c1ccc(CC)cc1. The summed E-state index contributed by atoms with van der Waals surface area (Å²) < 4.78 is 0. The minimum Gasteiger partial charge on any atom is -0.293 e. The van der Waals surface area contributed by atoms with Crippen LogP contribution in [0.3, 0.4) is 0 Å². The van der Waals surface area contributed by atoms with Crippen LogP contribution in [-0.2, 0) is 16.2 Å². The summed E-state index contributed by atoms with van der Waals surface area (Å²) in [5.74, 6) is -0.421. The van der Waals surface area contributed by atoms with E-state index in [4.69, 9.17) is 9.78 Å². The molecular formula is C19H29O3. The average Bonchev–Trinajstić information content (AvgIpc) is 2.56. The van der Waals surface area contributed by atoms with Crippen molar-refractivity contribution in [3.8, 4) is 0 Å². The van der Waals surface area contributed by atoms with Gasteiger partial charge in [-0.2, -0.15) is 4.89 Å². The molecule has 1 rings (SSSR count). The van der Waals surface area contributed by atoms with Crippen molar-refractivity contribution in [2.45, 2.75) is 64.7 Å². The summed E-state index contributed by atoms with van der Waals surface area (Å²) in [6.07, 6.45) is 10.3. The molecule has 0 amide bonds. The molecule has 0 spiro atoms. The van der Waals surface area contributed by atoms with Gasteiger partial charge in [-0.25, -0.2) is 4.79 Å². The molecule has 0 aliphatic rings. The zero-order valence-electron chi connectivity index (χ0n) is 13.8.